The normalized spacial score (nSPS) is 10.2. The van der Waals surface area contributed by atoms with Crippen molar-refractivity contribution in [2.75, 3.05) is 0 Å². The van der Waals surface area contributed by atoms with Crippen LogP contribution in [-0.2, 0) is 13.6 Å². The summed E-state index contributed by atoms with van der Waals surface area (Å²) >= 11 is 0. The fourth-order valence-electron chi connectivity index (χ4n) is 1.71. The van der Waals surface area contributed by atoms with Gasteiger partial charge in [0, 0.05) is 31.4 Å². The average Bonchev–Trinajstić information content (AvgIpc) is 2.81. The summed E-state index contributed by atoms with van der Waals surface area (Å²) in [5.74, 6) is -0.835. The number of aromatic nitrogens is 2. The lowest BCUT2D eigenvalue weighted by molar-refractivity contribution is -0.385. The van der Waals surface area contributed by atoms with Gasteiger partial charge in [-0.05, 0) is 12.1 Å². The van der Waals surface area contributed by atoms with E-state index in [2.05, 4.69) is 10.4 Å². The van der Waals surface area contributed by atoms with E-state index in [9.17, 15) is 20.0 Å². The second kappa shape index (κ2) is 5.39. The molecule has 2 N–H and O–H groups in total. The van der Waals surface area contributed by atoms with E-state index in [1.165, 1.54) is 0 Å². The first-order valence-electron chi connectivity index (χ1n) is 5.70. The fourth-order valence-corrected chi connectivity index (χ4v) is 1.71. The summed E-state index contributed by atoms with van der Waals surface area (Å²) in [4.78, 5) is 22.1. The molecule has 0 bridgehead atoms. The summed E-state index contributed by atoms with van der Waals surface area (Å²) < 4.78 is 1.58. The van der Waals surface area contributed by atoms with Crippen molar-refractivity contribution in [3.63, 3.8) is 0 Å². The van der Waals surface area contributed by atoms with E-state index in [1.54, 1.807) is 24.1 Å². The van der Waals surface area contributed by atoms with Gasteiger partial charge in [0.25, 0.3) is 11.6 Å². The van der Waals surface area contributed by atoms with E-state index < -0.39 is 10.8 Å². The van der Waals surface area contributed by atoms with Crippen LogP contribution in [0.15, 0.2) is 30.6 Å². The summed E-state index contributed by atoms with van der Waals surface area (Å²) in [5, 5.41) is 26.7. The highest BCUT2D eigenvalue weighted by Gasteiger charge is 2.20. The number of hydrogen-bond donors (Lipinski definition) is 2. The van der Waals surface area contributed by atoms with Gasteiger partial charge in [0.05, 0.1) is 11.1 Å². The van der Waals surface area contributed by atoms with Crippen LogP contribution in [0.3, 0.4) is 0 Å². The van der Waals surface area contributed by atoms with Crippen LogP contribution in [0.2, 0.25) is 0 Å². The molecule has 8 nitrogen and oxygen atoms in total. The lowest BCUT2D eigenvalue weighted by atomic mass is 10.1. The molecule has 0 atom stereocenters. The van der Waals surface area contributed by atoms with Crippen molar-refractivity contribution in [2.45, 2.75) is 6.54 Å². The Morgan fingerprint density at radius 3 is 2.90 bits per heavy atom. The van der Waals surface area contributed by atoms with Crippen LogP contribution in [0, 0.1) is 10.1 Å². The first kappa shape index (κ1) is 13.5. The SMILES string of the molecule is Cn1cc(CNC(=O)c2cc(O)ccc2[N+](=O)[O-])cn1. The minimum Gasteiger partial charge on any atom is -0.508 e. The zero-order valence-electron chi connectivity index (χ0n) is 10.6. The van der Waals surface area contributed by atoms with Gasteiger partial charge in [-0.25, -0.2) is 0 Å². The van der Waals surface area contributed by atoms with Gasteiger partial charge < -0.3 is 10.4 Å². The Morgan fingerprint density at radius 1 is 1.55 bits per heavy atom. The fraction of sp³-hybridized carbons (Fsp3) is 0.167. The molecule has 0 radical (unpaired) electrons. The van der Waals surface area contributed by atoms with Crippen molar-refractivity contribution in [3.8, 4) is 5.75 Å². The maximum atomic E-state index is 11.9. The molecule has 1 amide bonds. The molecule has 0 saturated carbocycles. The van der Waals surface area contributed by atoms with Crippen molar-refractivity contribution in [1.29, 1.82) is 0 Å². The van der Waals surface area contributed by atoms with Gasteiger partial charge in [0.15, 0.2) is 0 Å². The van der Waals surface area contributed by atoms with Gasteiger partial charge in [-0.1, -0.05) is 0 Å². The number of benzene rings is 1. The van der Waals surface area contributed by atoms with E-state index in [1.807, 2.05) is 0 Å². The maximum absolute atomic E-state index is 11.9. The molecule has 0 aliphatic heterocycles. The predicted octanol–water partition coefficient (Wildman–Crippen LogP) is 0.964. The highest BCUT2D eigenvalue weighted by atomic mass is 16.6. The molecule has 8 heteroatoms. The monoisotopic (exact) mass is 276 g/mol. The Kier molecular flexibility index (Phi) is 3.65. The Morgan fingerprint density at radius 2 is 2.30 bits per heavy atom. The first-order valence-corrected chi connectivity index (χ1v) is 5.70. The number of amides is 1. The summed E-state index contributed by atoms with van der Waals surface area (Å²) in [6.07, 6.45) is 3.30. The first-order chi connectivity index (χ1) is 9.47. The summed E-state index contributed by atoms with van der Waals surface area (Å²) in [7, 11) is 1.74. The van der Waals surface area contributed by atoms with Crippen molar-refractivity contribution in [3.05, 3.63) is 51.8 Å². The standard InChI is InChI=1S/C12H12N4O4/c1-15-7-8(6-14-15)5-13-12(18)10-4-9(17)2-3-11(10)16(19)20/h2-4,6-7,17H,5H2,1H3,(H,13,18). The molecular weight excluding hydrogens is 264 g/mol. The number of aromatic hydroxyl groups is 1. The van der Waals surface area contributed by atoms with Gasteiger partial charge in [0.1, 0.15) is 11.3 Å². The largest absolute Gasteiger partial charge is 0.508 e. The van der Waals surface area contributed by atoms with Gasteiger partial charge >= 0.3 is 0 Å². The van der Waals surface area contributed by atoms with Crippen LogP contribution in [0.5, 0.6) is 5.75 Å². The molecule has 0 saturated heterocycles. The minimum absolute atomic E-state index is 0.182. The number of phenolic OH excluding ortho intramolecular Hbond substituents is 1. The summed E-state index contributed by atoms with van der Waals surface area (Å²) in [6, 6.07) is 3.32. The van der Waals surface area contributed by atoms with Crippen LogP contribution < -0.4 is 5.32 Å². The van der Waals surface area contributed by atoms with Crippen molar-refractivity contribution < 1.29 is 14.8 Å². The zero-order valence-corrected chi connectivity index (χ0v) is 10.6. The van der Waals surface area contributed by atoms with Gasteiger partial charge in [0.2, 0.25) is 0 Å². The van der Waals surface area contributed by atoms with Crippen LogP contribution in [-0.4, -0.2) is 25.7 Å². The third-order valence-electron chi connectivity index (χ3n) is 2.63. The third-order valence-corrected chi connectivity index (χ3v) is 2.63. The van der Waals surface area contributed by atoms with Crippen molar-refractivity contribution >= 4 is 11.6 Å². The van der Waals surface area contributed by atoms with Crippen molar-refractivity contribution in [2.24, 2.45) is 7.05 Å². The molecule has 20 heavy (non-hydrogen) atoms. The number of nitrogens with zero attached hydrogens (tertiary/aromatic N) is 3. The molecule has 2 rings (SSSR count). The number of carbonyl (C=O) groups is 1. The second-order valence-corrected chi connectivity index (χ2v) is 4.16. The number of phenols is 1. The zero-order chi connectivity index (χ0) is 14.7. The van der Waals surface area contributed by atoms with Gasteiger partial charge in [-0.2, -0.15) is 5.10 Å². The number of nitro groups is 1. The van der Waals surface area contributed by atoms with Gasteiger partial charge in [-0.15, -0.1) is 0 Å². The topological polar surface area (TPSA) is 110 Å². The predicted molar refractivity (Wildman–Crippen MR) is 69.1 cm³/mol. The number of nitro benzene ring substituents is 1. The van der Waals surface area contributed by atoms with Crippen molar-refractivity contribution in [1.82, 2.24) is 15.1 Å². The summed E-state index contributed by atoms with van der Waals surface area (Å²) in [6.45, 7) is 0.194. The molecule has 104 valence electrons. The van der Waals surface area contributed by atoms with E-state index >= 15 is 0 Å². The molecular formula is C12H12N4O4. The number of nitrogens with one attached hydrogen (secondary N) is 1. The third kappa shape index (κ3) is 2.91. The molecule has 0 aliphatic carbocycles. The Hall–Kier alpha value is -2.90. The molecule has 0 spiro atoms. The molecule has 0 fully saturated rings. The molecule has 0 aliphatic rings. The minimum atomic E-state index is -0.668. The Balaban J connectivity index is 2.16. The number of carbonyl (C=O) groups excluding carboxylic acids is 1. The lowest BCUT2D eigenvalue weighted by Gasteiger charge is -2.05. The van der Waals surface area contributed by atoms with Crippen LogP contribution in [0.1, 0.15) is 15.9 Å². The molecule has 1 heterocycles. The molecule has 2 aromatic rings. The number of aryl methyl sites for hydroxylation is 1. The number of hydrogen-bond acceptors (Lipinski definition) is 5. The molecule has 1 aromatic carbocycles. The van der Waals surface area contributed by atoms with Crippen LogP contribution in [0.4, 0.5) is 5.69 Å². The summed E-state index contributed by atoms with van der Waals surface area (Å²) in [5.41, 5.74) is 0.231. The number of rotatable bonds is 4. The quantitative estimate of drug-likeness (QED) is 0.638. The highest BCUT2D eigenvalue weighted by Crippen LogP contribution is 2.23. The van der Waals surface area contributed by atoms with Crippen LogP contribution >= 0.6 is 0 Å². The molecule has 1 aromatic heterocycles. The van der Waals surface area contributed by atoms with E-state index in [4.69, 9.17) is 0 Å². The van der Waals surface area contributed by atoms with Gasteiger partial charge in [-0.3, -0.25) is 19.6 Å². The Labute approximate surface area is 113 Å². The highest BCUT2D eigenvalue weighted by molar-refractivity contribution is 5.98. The molecule has 0 unspecified atom stereocenters. The maximum Gasteiger partial charge on any atom is 0.282 e. The Bertz CT molecular complexity index is 665. The van der Waals surface area contributed by atoms with Crippen LogP contribution in [0.25, 0.3) is 0 Å². The lowest BCUT2D eigenvalue weighted by Crippen LogP contribution is -2.23. The van der Waals surface area contributed by atoms with E-state index in [-0.39, 0.29) is 23.5 Å². The second-order valence-electron chi connectivity index (χ2n) is 4.16. The average molecular weight is 276 g/mol. The van der Waals surface area contributed by atoms with E-state index in [0.29, 0.717) is 0 Å². The van der Waals surface area contributed by atoms with E-state index in [0.717, 1.165) is 23.8 Å². The smallest absolute Gasteiger partial charge is 0.282 e.